The molecule has 190 valence electrons. The van der Waals surface area contributed by atoms with E-state index in [0.29, 0.717) is 22.3 Å². The fraction of sp³-hybridized carbons (Fsp3) is 0.154. The van der Waals surface area contributed by atoms with Gasteiger partial charge in [0.2, 0.25) is 10.0 Å². The van der Waals surface area contributed by atoms with Crippen molar-refractivity contribution < 1.29 is 21.6 Å². The zero-order chi connectivity index (χ0) is 26.5. The summed E-state index contributed by atoms with van der Waals surface area (Å²) in [5.41, 5.74) is 5.34. The third-order valence-corrected chi connectivity index (χ3v) is 6.62. The van der Waals surface area contributed by atoms with Crippen molar-refractivity contribution in [1.29, 1.82) is 0 Å². The third kappa shape index (κ3) is 4.94. The van der Waals surface area contributed by atoms with E-state index >= 15 is 0 Å². The van der Waals surface area contributed by atoms with Crippen LogP contribution in [-0.2, 0) is 16.6 Å². The number of benzene rings is 2. The molecule has 37 heavy (non-hydrogen) atoms. The first-order chi connectivity index (χ1) is 17.5. The van der Waals surface area contributed by atoms with Crippen molar-refractivity contribution >= 4 is 26.7 Å². The summed E-state index contributed by atoms with van der Waals surface area (Å²) >= 11 is 0. The van der Waals surface area contributed by atoms with E-state index in [2.05, 4.69) is 19.8 Å². The van der Waals surface area contributed by atoms with E-state index in [4.69, 9.17) is 0 Å². The molecule has 0 atom stereocenters. The number of nitrogens with one attached hydrogen (secondary N) is 2. The summed E-state index contributed by atoms with van der Waals surface area (Å²) in [6.07, 6.45) is 4.38. The number of H-pyrrole nitrogens is 1. The van der Waals surface area contributed by atoms with Crippen LogP contribution in [0.2, 0.25) is 0 Å². The Morgan fingerprint density at radius 3 is 2.43 bits per heavy atom. The Morgan fingerprint density at radius 2 is 1.73 bits per heavy atom. The zero-order valence-electron chi connectivity index (χ0n) is 20.1. The number of sulfonamides is 1. The number of rotatable bonds is 6. The van der Waals surface area contributed by atoms with Crippen LogP contribution in [0.3, 0.4) is 0 Å². The summed E-state index contributed by atoms with van der Waals surface area (Å²) in [7, 11) is -3.66. The number of halogens is 3. The molecule has 0 aliphatic rings. The second-order valence-corrected chi connectivity index (χ2v) is 10.6. The normalized spacial score (nSPS) is 11.8. The lowest BCUT2D eigenvalue weighted by Gasteiger charge is -2.09. The maximum absolute atomic E-state index is 14.2. The summed E-state index contributed by atoms with van der Waals surface area (Å²) in [4.78, 5) is 7.63. The Hall–Kier alpha value is -4.12. The molecule has 0 aliphatic heterocycles. The second kappa shape index (κ2) is 9.07. The number of fused-ring (bicyclic) bond motifs is 1. The van der Waals surface area contributed by atoms with E-state index in [1.807, 2.05) is 26.1 Å². The number of aromatic nitrogens is 4. The molecule has 0 spiro atoms. The van der Waals surface area contributed by atoms with Crippen LogP contribution in [0.15, 0.2) is 54.9 Å². The number of aryl methyl sites for hydroxylation is 1. The highest BCUT2D eigenvalue weighted by Crippen LogP contribution is 2.35. The van der Waals surface area contributed by atoms with Crippen LogP contribution in [0.4, 0.5) is 18.9 Å². The first-order valence-corrected chi connectivity index (χ1v) is 13.1. The molecule has 5 rings (SSSR count). The molecule has 2 N–H and O–H groups in total. The minimum absolute atomic E-state index is 0.156. The molecule has 0 amide bonds. The number of nitrogens with zero attached hydrogens (tertiary/aromatic N) is 3. The Kier molecular flexibility index (Phi) is 6.03. The van der Waals surface area contributed by atoms with Gasteiger partial charge in [0, 0.05) is 46.2 Å². The molecule has 0 saturated heterocycles. The Labute approximate surface area is 211 Å². The molecule has 0 unspecified atom stereocenters. The predicted octanol–water partition coefficient (Wildman–Crippen LogP) is 5.55. The van der Waals surface area contributed by atoms with Gasteiger partial charge in [-0.2, -0.15) is 5.10 Å². The molecule has 3 heterocycles. The van der Waals surface area contributed by atoms with Gasteiger partial charge in [0.05, 0.1) is 24.2 Å². The zero-order valence-corrected chi connectivity index (χ0v) is 20.9. The summed E-state index contributed by atoms with van der Waals surface area (Å²) < 4.78 is 68.7. The van der Waals surface area contributed by atoms with Gasteiger partial charge in [-0.05, 0) is 55.3 Å². The topological polar surface area (TPSA) is 92.7 Å². The van der Waals surface area contributed by atoms with Crippen LogP contribution in [-0.4, -0.2) is 34.4 Å². The van der Waals surface area contributed by atoms with E-state index < -0.39 is 27.5 Å². The highest BCUT2D eigenvalue weighted by atomic mass is 32.2. The molecule has 0 bridgehead atoms. The summed E-state index contributed by atoms with van der Waals surface area (Å²) in [5.74, 6) is -1.99. The molecule has 5 aromatic rings. The predicted molar refractivity (Wildman–Crippen MR) is 136 cm³/mol. The lowest BCUT2D eigenvalue weighted by atomic mass is 10.0. The molecule has 2 aromatic carbocycles. The lowest BCUT2D eigenvalue weighted by Crippen LogP contribution is -2.10. The van der Waals surface area contributed by atoms with Crippen molar-refractivity contribution in [2.45, 2.75) is 20.4 Å². The smallest absolute Gasteiger partial charge is 0.229 e. The molecular weight excluding hydrogens is 503 g/mol. The second-order valence-electron chi connectivity index (χ2n) is 8.87. The van der Waals surface area contributed by atoms with Gasteiger partial charge >= 0.3 is 0 Å². The van der Waals surface area contributed by atoms with Crippen LogP contribution in [0.5, 0.6) is 0 Å². The molecule has 11 heteroatoms. The van der Waals surface area contributed by atoms with E-state index in [0.717, 1.165) is 40.2 Å². The quantitative estimate of drug-likeness (QED) is 0.304. The molecule has 0 fully saturated rings. The maximum atomic E-state index is 14.2. The SMILES string of the molecule is Cc1nn(Cc2cc(F)cc(F)c2)c(C)c1-c1c[nH]c2ncc(-c3ccc(F)c(NS(C)(=O)=O)c3)cc12. The molecular formula is C26H22F3N5O2S. The van der Waals surface area contributed by atoms with Gasteiger partial charge in [-0.1, -0.05) is 6.07 Å². The highest BCUT2D eigenvalue weighted by molar-refractivity contribution is 7.92. The fourth-order valence-corrected chi connectivity index (χ4v) is 5.02. The van der Waals surface area contributed by atoms with Crippen LogP contribution in [0, 0.1) is 31.3 Å². The van der Waals surface area contributed by atoms with Crippen molar-refractivity contribution in [2.24, 2.45) is 0 Å². The highest BCUT2D eigenvalue weighted by Gasteiger charge is 2.19. The van der Waals surface area contributed by atoms with Gasteiger partial charge in [-0.15, -0.1) is 0 Å². The van der Waals surface area contributed by atoms with E-state index in [-0.39, 0.29) is 12.2 Å². The van der Waals surface area contributed by atoms with Gasteiger partial charge in [0.1, 0.15) is 23.1 Å². The van der Waals surface area contributed by atoms with Crippen molar-refractivity contribution in [1.82, 2.24) is 19.7 Å². The van der Waals surface area contributed by atoms with Crippen LogP contribution < -0.4 is 4.72 Å². The first kappa shape index (κ1) is 24.6. The Morgan fingerprint density at radius 1 is 1.00 bits per heavy atom. The van der Waals surface area contributed by atoms with E-state index in [1.54, 1.807) is 16.9 Å². The average molecular weight is 526 g/mol. The standard InChI is InChI=1S/C26H22F3N5O2S/c1-14-25(15(2)34(32-14)13-16-6-19(27)10-20(28)7-16)22-12-31-26-21(22)8-18(11-30-26)17-4-5-23(29)24(9-17)33-37(3,35)36/h4-12,33H,13H2,1-3H3,(H,30,31). The minimum Gasteiger partial charge on any atom is -0.346 e. The van der Waals surface area contributed by atoms with Gasteiger partial charge in [0.15, 0.2) is 0 Å². The minimum atomic E-state index is -3.66. The monoisotopic (exact) mass is 525 g/mol. The van der Waals surface area contributed by atoms with Crippen molar-refractivity contribution in [3.05, 3.63) is 89.3 Å². The lowest BCUT2D eigenvalue weighted by molar-refractivity contribution is 0.572. The number of anilines is 1. The Balaban J connectivity index is 1.56. The third-order valence-electron chi connectivity index (χ3n) is 6.03. The molecule has 0 radical (unpaired) electrons. The summed E-state index contributed by atoms with van der Waals surface area (Å²) in [6, 6.07) is 9.41. The van der Waals surface area contributed by atoms with Gasteiger partial charge in [-0.3, -0.25) is 9.40 Å². The fourth-order valence-electron chi connectivity index (χ4n) is 4.47. The van der Waals surface area contributed by atoms with Crippen molar-refractivity contribution in [3.63, 3.8) is 0 Å². The Bertz CT molecular complexity index is 1760. The number of hydrogen-bond donors (Lipinski definition) is 2. The van der Waals surface area contributed by atoms with Gasteiger partial charge in [-0.25, -0.2) is 26.6 Å². The van der Waals surface area contributed by atoms with Crippen molar-refractivity contribution in [3.8, 4) is 22.3 Å². The summed E-state index contributed by atoms with van der Waals surface area (Å²) in [6.45, 7) is 3.92. The van der Waals surface area contributed by atoms with E-state index in [9.17, 15) is 21.6 Å². The first-order valence-electron chi connectivity index (χ1n) is 11.2. The number of aromatic amines is 1. The van der Waals surface area contributed by atoms with Crippen LogP contribution >= 0.6 is 0 Å². The number of hydrogen-bond acceptors (Lipinski definition) is 4. The number of pyridine rings is 1. The molecule has 7 nitrogen and oxygen atoms in total. The molecule has 0 saturated carbocycles. The van der Waals surface area contributed by atoms with Crippen LogP contribution in [0.25, 0.3) is 33.3 Å². The maximum Gasteiger partial charge on any atom is 0.229 e. The summed E-state index contributed by atoms with van der Waals surface area (Å²) in [5, 5.41) is 5.37. The molecule has 0 aliphatic carbocycles. The molecule has 3 aromatic heterocycles. The largest absolute Gasteiger partial charge is 0.346 e. The van der Waals surface area contributed by atoms with E-state index in [1.165, 1.54) is 24.3 Å². The average Bonchev–Trinajstić information content (AvgIpc) is 3.33. The van der Waals surface area contributed by atoms with Gasteiger partial charge in [0.25, 0.3) is 0 Å². The van der Waals surface area contributed by atoms with Crippen molar-refractivity contribution in [2.75, 3.05) is 11.0 Å². The van der Waals surface area contributed by atoms with Crippen LogP contribution in [0.1, 0.15) is 17.0 Å². The van der Waals surface area contributed by atoms with Gasteiger partial charge < -0.3 is 4.98 Å².